The van der Waals surface area contributed by atoms with Crippen LogP contribution in [0.5, 0.6) is 0 Å². The van der Waals surface area contributed by atoms with Crippen LogP contribution >= 0.6 is 0 Å². The molecule has 0 spiro atoms. The fourth-order valence-electron chi connectivity index (χ4n) is 1.91. The van der Waals surface area contributed by atoms with Gasteiger partial charge in [-0.3, -0.25) is 4.98 Å². The maximum Gasteiger partial charge on any atom is 0.252 e. The van der Waals surface area contributed by atoms with E-state index < -0.39 is 0 Å². The Morgan fingerprint density at radius 3 is 2.78 bits per heavy atom. The molecule has 23 heavy (non-hydrogen) atoms. The van der Waals surface area contributed by atoms with Gasteiger partial charge >= 0.3 is 0 Å². The Kier molecular flexibility index (Phi) is 4.11. The highest BCUT2D eigenvalue weighted by Crippen LogP contribution is 2.25. The first-order valence-corrected chi connectivity index (χ1v) is 6.93. The number of oxazole rings is 1. The lowest BCUT2D eigenvalue weighted by Crippen LogP contribution is -1.91. The topological polar surface area (TPSA) is 87.1 Å². The number of hydrazone groups is 1. The van der Waals surface area contributed by atoms with E-state index in [1.807, 2.05) is 49.4 Å². The van der Waals surface area contributed by atoms with Gasteiger partial charge in [-0.15, -0.1) is 0 Å². The zero-order valence-electron chi connectivity index (χ0n) is 12.4. The van der Waals surface area contributed by atoms with E-state index in [0.717, 1.165) is 16.7 Å². The minimum Gasteiger partial charge on any atom is -0.417 e. The number of aromatic nitrogens is 2. The van der Waals surface area contributed by atoms with Crippen molar-refractivity contribution in [3.05, 3.63) is 65.6 Å². The van der Waals surface area contributed by atoms with E-state index in [9.17, 15) is 0 Å². The summed E-state index contributed by atoms with van der Waals surface area (Å²) in [6, 6.07) is 13.4. The number of aryl methyl sites for hydroxylation is 1. The molecule has 0 aliphatic carbocycles. The molecule has 3 aromatic rings. The first kappa shape index (κ1) is 14.5. The monoisotopic (exact) mass is 303 g/mol. The Morgan fingerprint density at radius 2 is 2.09 bits per heavy atom. The van der Waals surface area contributed by atoms with Crippen LogP contribution in [0.2, 0.25) is 0 Å². The van der Waals surface area contributed by atoms with E-state index in [1.54, 1.807) is 18.6 Å². The number of rotatable bonds is 4. The Morgan fingerprint density at radius 1 is 1.26 bits per heavy atom. The van der Waals surface area contributed by atoms with Crippen molar-refractivity contribution in [3.63, 3.8) is 0 Å². The van der Waals surface area contributed by atoms with Crippen LogP contribution in [0.1, 0.15) is 16.8 Å². The van der Waals surface area contributed by atoms with E-state index in [2.05, 4.69) is 20.5 Å². The summed E-state index contributed by atoms with van der Waals surface area (Å²) >= 11 is 0. The summed E-state index contributed by atoms with van der Waals surface area (Å²) in [5.74, 6) is 0.587. The van der Waals surface area contributed by atoms with Gasteiger partial charge in [-0.25, -0.2) is 5.43 Å². The third-order valence-corrected chi connectivity index (χ3v) is 3.10. The predicted molar refractivity (Wildman–Crippen MR) is 86.8 cm³/mol. The standard InChI is InChI=1S/C17H13N5O/c1-12-4-6-14(7-5-12)16-21-15(9-18)17(23-16)22-20-11-13-3-2-8-19-10-13/h2-8,10-11,22H,1H3. The molecule has 1 aromatic carbocycles. The second-order valence-electron chi connectivity index (χ2n) is 4.83. The molecule has 2 heterocycles. The van der Waals surface area contributed by atoms with Crippen molar-refractivity contribution in [2.24, 2.45) is 5.10 Å². The third kappa shape index (κ3) is 3.41. The van der Waals surface area contributed by atoms with Gasteiger partial charge in [-0.05, 0) is 25.1 Å². The van der Waals surface area contributed by atoms with Crippen LogP contribution in [-0.4, -0.2) is 16.2 Å². The van der Waals surface area contributed by atoms with E-state index >= 15 is 0 Å². The van der Waals surface area contributed by atoms with Crippen molar-refractivity contribution < 1.29 is 4.42 Å². The summed E-state index contributed by atoms with van der Waals surface area (Å²) in [7, 11) is 0. The average Bonchev–Trinajstić information content (AvgIpc) is 3.00. The predicted octanol–water partition coefficient (Wildman–Crippen LogP) is 3.36. The van der Waals surface area contributed by atoms with Crippen LogP contribution in [-0.2, 0) is 0 Å². The van der Waals surface area contributed by atoms with Gasteiger partial charge in [0.1, 0.15) is 6.07 Å². The van der Waals surface area contributed by atoms with Gasteiger partial charge in [0, 0.05) is 23.5 Å². The number of anilines is 1. The zero-order valence-corrected chi connectivity index (χ0v) is 12.4. The second-order valence-corrected chi connectivity index (χ2v) is 4.83. The number of pyridine rings is 1. The highest BCUT2D eigenvalue weighted by molar-refractivity contribution is 5.79. The lowest BCUT2D eigenvalue weighted by atomic mass is 10.1. The number of hydrogen-bond acceptors (Lipinski definition) is 6. The molecule has 0 aliphatic heterocycles. The van der Waals surface area contributed by atoms with Crippen LogP contribution < -0.4 is 5.43 Å². The highest BCUT2D eigenvalue weighted by atomic mass is 16.4. The molecule has 0 saturated heterocycles. The van der Waals surface area contributed by atoms with Crippen LogP contribution in [0.25, 0.3) is 11.5 Å². The lowest BCUT2D eigenvalue weighted by molar-refractivity contribution is 0.587. The Labute approximate surface area is 133 Å². The van der Waals surface area contributed by atoms with Gasteiger partial charge in [0.2, 0.25) is 11.6 Å². The van der Waals surface area contributed by atoms with Gasteiger partial charge in [0.15, 0.2) is 0 Å². The maximum atomic E-state index is 9.16. The van der Waals surface area contributed by atoms with Crippen LogP contribution in [0.15, 0.2) is 58.3 Å². The molecule has 0 saturated carbocycles. The number of nitrogens with one attached hydrogen (secondary N) is 1. The van der Waals surface area contributed by atoms with E-state index in [-0.39, 0.29) is 11.6 Å². The van der Waals surface area contributed by atoms with E-state index in [1.165, 1.54) is 0 Å². The average molecular weight is 303 g/mol. The number of nitriles is 1. The molecular formula is C17H13N5O. The normalized spacial score (nSPS) is 10.6. The lowest BCUT2D eigenvalue weighted by Gasteiger charge is -1.96. The van der Waals surface area contributed by atoms with Gasteiger partial charge in [-0.1, -0.05) is 23.8 Å². The molecular weight excluding hydrogens is 290 g/mol. The molecule has 6 heteroatoms. The zero-order chi connectivity index (χ0) is 16.1. The molecule has 3 rings (SSSR count). The molecule has 0 radical (unpaired) electrons. The quantitative estimate of drug-likeness (QED) is 0.590. The summed E-state index contributed by atoms with van der Waals surface area (Å²) < 4.78 is 5.60. The molecule has 0 atom stereocenters. The van der Waals surface area contributed by atoms with Crippen molar-refractivity contribution in [1.82, 2.24) is 9.97 Å². The SMILES string of the molecule is Cc1ccc(-c2nc(C#N)c(NN=Cc3cccnc3)o2)cc1. The third-order valence-electron chi connectivity index (χ3n) is 3.10. The van der Waals surface area contributed by atoms with Crippen molar-refractivity contribution >= 4 is 12.1 Å². The fourth-order valence-corrected chi connectivity index (χ4v) is 1.91. The van der Waals surface area contributed by atoms with Crippen molar-refractivity contribution in [2.75, 3.05) is 5.43 Å². The summed E-state index contributed by atoms with van der Waals surface area (Å²) in [6.45, 7) is 2.00. The fraction of sp³-hybridized carbons (Fsp3) is 0.0588. The summed E-state index contributed by atoms with van der Waals surface area (Å²) in [4.78, 5) is 8.17. The number of nitrogens with zero attached hydrogens (tertiary/aromatic N) is 4. The summed E-state index contributed by atoms with van der Waals surface area (Å²) in [5, 5.41) is 13.2. The first-order valence-electron chi connectivity index (χ1n) is 6.93. The van der Waals surface area contributed by atoms with Gasteiger partial charge in [-0.2, -0.15) is 15.3 Å². The smallest absolute Gasteiger partial charge is 0.252 e. The Balaban J connectivity index is 1.81. The molecule has 2 aromatic heterocycles. The molecule has 0 fully saturated rings. The Hall–Kier alpha value is -3.46. The molecule has 0 aliphatic rings. The van der Waals surface area contributed by atoms with Crippen molar-refractivity contribution in [3.8, 4) is 17.5 Å². The minimum absolute atomic E-state index is 0.156. The van der Waals surface area contributed by atoms with Crippen LogP contribution in [0, 0.1) is 18.3 Å². The second kappa shape index (κ2) is 6.54. The first-order chi connectivity index (χ1) is 11.3. The van der Waals surface area contributed by atoms with Gasteiger partial charge in [0.05, 0.1) is 6.21 Å². The summed E-state index contributed by atoms with van der Waals surface area (Å²) in [5.41, 5.74) is 5.63. The molecule has 1 N–H and O–H groups in total. The number of hydrogen-bond donors (Lipinski definition) is 1. The molecule has 0 unspecified atom stereocenters. The minimum atomic E-state index is 0.156. The van der Waals surface area contributed by atoms with Crippen LogP contribution in [0.4, 0.5) is 5.88 Å². The van der Waals surface area contributed by atoms with Crippen LogP contribution in [0.3, 0.4) is 0 Å². The Bertz CT molecular complexity index is 860. The molecule has 112 valence electrons. The molecule has 6 nitrogen and oxygen atoms in total. The molecule has 0 bridgehead atoms. The maximum absolute atomic E-state index is 9.16. The summed E-state index contributed by atoms with van der Waals surface area (Å²) in [6.07, 6.45) is 4.94. The molecule has 0 amide bonds. The van der Waals surface area contributed by atoms with Gasteiger partial charge in [0.25, 0.3) is 5.88 Å². The van der Waals surface area contributed by atoms with E-state index in [4.69, 9.17) is 9.68 Å². The number of benzene rings is 1. The van der Waals surface area contributed by atoms with Crippen molar-refractivity contribution in [1.29, 1.82) is 5.26 Å². The van der Waals surface area contributed by atoms with Crippen molar-refractivity contribution in [2.45, 2.75) is 6.92 Å². The van der Waals surface area contributed by atoms with E-state index in [0.29, 0.717) is 5.89 Å². The van der Waals surface area contributed by atoms with Gasteiger partial charge < -0.3 is 4.42 Å². The largest absolute Gasteiger partial charge is 0.417 e. The highest BCUT2D eigenvalue weighted by Gasteiger charge is 2.13.